The third-order valence-corrected chi connectivity index (χ3v) is 6.75. The Hall–Kier alpha value is -4.18. The summed E-state index contributed by atoms with van der Waals surface area (Å²) in [6.07, 6.45) is 1.76. The van der Waals surface area contributed by atoms with Crippen LogP contribution in [0, 0.1) is 0 Å². The largest absolute Gasteiger partial charge is 0.493 e. The van der Waals surface area contributed by atoms with Crippen molar-refractivity contribution in [2.45, 2.75) is 26.8 Å². The van der Waals surface area contributed by atoms with Gasteiger partial charge in [0.05, 0.1) is 42.7 Å². The number of carbonyl (C=O) groups excluding carboxylic acids is 2. The van der Waals surface area contributed by atoms with Gasteiger partial charge in [0.15, 0.2) is 16.3 Å². The number of benzene rings is 2. The number of hydrogen-bond donors (Lipinski definition) is 1. The molecule has 9 nitrogen and oxygen atoms in total. The zero-order valence-electron chi connectivity index (χ0n) is 21.2. The van der Waals surface area contributed by atoms with E-state index in [-0.39, 0.29) is 23.6 Å². The third kappa shape index (κ3) is 5.19. The summed E-state index contributed by atoms with van der Waals surface area (Å²) in [5.41, 5.74) is 2.57. The number of esters is 1. The summed E-state index contributed by atoms with van der Waals surface area (Å²) in [7, 11) is 3.06. The minimum Gasteiger partial charge on any atom is -0.493 e. The smallest absolute Gasteiger partial charge is 0.338 e. The number of fused-ring (bicyclic) bond motifs is 1. The lowest BCUT2D eigenvalue weighted by molar-refractivity contribution is -0.139. The maximum Gasteiger partial charge on any atom is 0.338 e. The summed E-state index contributed by atoms with van der Waals surface area (Å²) in [6.45, 7) is 5.09. The summed E-state index contributed by atoms with van der Waals surface area (Å²) in [4.78, 5) is 43.1. The van der Waals surface area contributed by atoms with E-state index in [9.17, 15) is 14.4 Å². The van der Waals surface area contributed by atoms with Crippen molar-refractivity contribution < 1.29 is 23.8 Å². The molecule has 0 saturated heterocycles. The summed E-state index contributed by atoms with van der Waals surface area (Å²) in [6, 6.07) is 11.7. The number of aromatic nitrogens is 1. The number of allylic oxidation sites excluding steroid dienone is 1. The van der Waals surface area contributed by atoms with Gasteiger partial charge in [-0.05, 0) is 55.3 Å². The number of hydrogen-bond acceptors (Lipinski definition) is 8. The Balaban J connectivity index is 1.89. The van der Waals surface area contributed by atoms with Crippen LogP contribution >= 0.6 is 11.3 Å². The van der Waals surface area contributed by atoms with Crippen LogP contribution in [-0.2, 0) is 14.3 Å². The highest BCUT2D eigenvalue weighted by molar-refractivity contribution is 7.07. The Morgan fingerprint density at radius 1 is 1.11 bits per heavy atom. The summed E-state index contributed by atoms with van der Waals surface area (Å²) in [5.74, 6) is 0.300. The number of methoxy groups -OCH3 is 2. The highest BCUT2D eigenvalue weighted by Crippen LogP contribution is 2.36. The van der Waals surface area contributed by atoms with Gasteiger partial charge in [0.1, 0.15) is 0 Å². The number of rotatable bonds is 7. The molecule has 2 heterocycles. The fourth-order valence-electron chi connectivity index (χ4n) is 4.15. The van der Waals surface area contributed by atoms with E-state index in [0.717, 1.165) is 5.56 Å². The van der Waals surface area contributed by atoms with Gasteiger partial charge < -0.3 is 19.5 Å². The van der Waals surface area contributed by atoms with Gasteiger partial charge in [-0.2, -0.15) is 0 Å². The molecule has 1 aliphatic heterocycles. The van der Waals surface area contributed by atoms with Crippen molar-refractivity contribution in [2.75, 3.05) is 26.1 Å². The second kappa shape index (κ2) is 10.8. The van der Waals surface area contributed by atoms with Crippen LogP contribution in [0.15, 0.2) is 63.5 Å². The first kappa shape index (κ1) is 25.9. The van der Waals surface area contributed by atoms with Gasteiger partial charge in [-0.3, -0.25) is 14.2 Å². The van der Waals surface area contributed by atoms with E-state index >= 15 is 0 Å². The van der Waals surface area contributed by atoms with E-state index in [0.29, 0.717) is 37.8 Å². The zero-order chi connectivity index (χ0) is 26.7. The van der Waals surface area contributed by atoms with Crippen LogP contribution in [0.5, 0.6) is 11.5 Å². The van der Waals surface area contributed by atoms with E-state index in [1.807, 2.05) is 12.1 Å². The van der Waals surface area contributed by atoms with E-state index in [4.69, 9.17) is 14.2 Å². The molecule has 1 aliphatic rings. The molecule has 0 saturated carbocycles. The molecule has 1 atom stereocenters. The number of ether oxygens (including phenoxy) is 3. The molecule has 192 valence electrons. The monoisotopic (exact) mass is 521 g/mol. The topological polar surface area (TPSA) is 108 Å². The number of anilines is 1. The predicted molar refractivity (Wildman–Crippen MR) is 141 cm³/mol. The van der Waals surface area contributed by atoms with Gasteiger partial charge in [-0.1, -0.05) is 29.5 Å². The van der Waals surface area contributed by atoms with E-state index < -0.39 is 12.0 Å². The van der Waals surface area contributed by atoms with Crippen molar-refractivity contribution >= 4 is 35.0 Å². The van der Waals surface area contributed by atoms with Crippen LogP contribution in [0.4, 0.5) is 5.69 Å². The Bertz CT molecular complexity index is 1570. The highest BCUT2D eigenvalue weighted by Gasteiger charge is 2.33. The fourth-order valence-corrected chi connectivity index (χ4v) is 5.19. The Kier molecular flexibility index (Phi) is 7.58. The van der Waals surface area contributed by atoms with Gasteiger partial charge in [0.2, 0.25) is 5.91 Å². The average Bonchev–Trinajstić information content (AvgIpc) is 3.17. The zero-order valence-corrected chi connectivity index (χ0v) is 22.0. The minimum absolute atomic E-state index is 0.163. The first-order valence-electron chi connectivity index (χ1n) is 11.6. The molecule has 2 aromatic carbocycles. The molecule has 0 spiro atoms. The molecule has 37 heavy (non-hydrogen) atoms. The molecule has 1 amide bonds. The van der Waals surface area contributed by atoms with Crippen LogP contribution in [0.3, 0.4) is 0 Å². The molecule has 1 aromatic heterocycles. The maximum atomic E-state index is 13.7. The van der Waals surface area contributed by atoms with E-state index in [1.54, 1.807) is 50.3 Å². The fraction of sp³-hybridized carbons (Fsp3) is 0.259. The molecule has 10 heteroatoms. The van der Waals surface area contributed by atoms with Crippen molar-refractivity contribution in [1.29, 1.82) is 0 Å². The molecular weight excluding hydrogens is 494 g/mol. The van der Waals surface area contributed by atoms with E-state index in [2.05, 4.69) is 10.3 Å². The van der Waals surface area contributed by atoms with Crippen molar-refractivity contribution in [3.05, 3.63) is 84.5 Å². The Labute approximate surface area is 217 Å². The van der Waals surface area contributed by atoms with Gasteiger partial charge in [0, 0.05) is 12.6 Å². The quantitative estimate of drug-likeness (QED) is 0.479. The number of nitrogens with zero attached hydrogens (tertiary/aromatic N) is 2. The second-order valence-electron chi connectivity index (χ2n) is 8.22. The lowest BCUT2D eigenvalue weighted by Gasteiger charge is -2.25. The summed E-state index contributed by atoms with van der Waals surface area (Å²) in [5, 5.41) is 2.72. The van der Waals surface area contributed by atoms with Crippen LogP contribution in [0.25, 0.3) is 6.08 Å². The number of nitrogens with one attached hydrogen (secondary N) is 1. The average molecular weight is 522 g/mol. The van der Waals surface area contributed by atoms with Crippen molar-refractivity contribution in [3.63, 3.8) is 0 Å². The number of carbonyl (C=O) groups is 2. The van der Waals surface area contributed by atoms with E-state index in [1.165, 1.54) is 37.0 Å². The maximum absolute atomic E-state index is 13.7. The standard InChI is InChI=1S/C27H27N3O6S/c1-6-36-26(33)23-15(2)28-27-30(24(23)18-9-12-20(34-4)21(14-18)35-5)25(32)22(37-27)13-17-7-10-19(11-8-17)29-16(3)31/h7-14,24H,6H2,1-5H3,(H,29,31)/b22-13-/t24-/m1/s1. The molecule has 0 unspecified atom stereocenters. The van der Waals surface area contributed by atoms with Crippen LogP contribution in [-0.4, -0.2) is 37.3 Å². The highest BCUT2D eigenvalue weighted by atomic mass is 32.1. The molecule has 0 bridgehead atoms. The van der Waals surface area contributed by atoms with Gasteiger partial charge in [0.25, 0.3) is 5.56 Å². The second-order valence-corrected chi connectivity index (χ2v) is 9.23. The normalized spacial score (nSPS) is 15.1. The molecule has 0 aliphatic carbocycles. The van der Waals surface area contributed by atoms with Crippen LogP contribution in [0.1, 0.15) is 37.9 Å². The summed E-state index contributed by atoms with van der Waals surface area (Å²) >= 11 is 1.23. The number of thiazole rings is 1. The minimum atomic E-state index is -0.764. The predicted octanol–water partition coefficient (Wildman–Crippen LogP) is 2.77. The molecule has 3 aromatic rings. The van der Waals surface area contributed by atoms with Gasteiger partial charge in [-0.25, -0.2) is 9.79 Å². The van der Waals surface area contributed by atoms with Gasteiger partial charge >= 0.3 is 5.97 Å². The van der Waals surface area contributed by atoms with Crippen molar-refractivity contribution in [3.8, 4) is 11.5 Å². The van der Waals surface area contributed by atoms with Crippen molar-refractivity contribution in [1.82, 2.24) is 4.57 Å². The summed E-state index contributed by atoms with van der Waals surface area (Å²) < 4.78 is 18.1. The molecular formula is C27H27N3O6S. The first-order chi connectivity index (χ1) is 17.8. The van der Waals surface area contributed by atoms with Gasteiger partial charge in [-0.15, -0.1) is 0 Å². The third-order valence-electron chi connectivity index (χ3n) is 5.77. The molecule has 0 fully saturated rings. The van der Waals surface area contributed by atoms with Crippen LogP contribution in [0.2, 0.25) is 0 Å². The van der Waals surface area contributed by atoms with Crippen molar-refractivity contribution in [2.24, 2.45) is 4.99 Å². The first-order valence-corrected chi connectivity index (χ1v) is 12.4. The molecule has 1 N–H and O–H groups in total. The Morgan fingerprint density at radius 2 is 1.81 bits per heavy atom. The molecule has 4 rings (SSSR count). The SMILES string of the molecule is CCOC(=O)C1=C(C)N=c2s/c(=C\c3ccc(NC(C)=O)cc3)c(=O)n2[C@@H]1c1ccc(OC)c(OC)c1. The lowest BCUT2D eigenvalue weighted by atomic mass is 9.95. The molecule has 0 radical (unpaired) electrons. The number of amides is 1. The van der Waals surface area contributed by atoms with Crippen LogP contribution < -0.4 is 29.7 Å². The Morgan fingerprint density at radius 3 is 2.43 bits per heavy atom. The lowest BCUT2D eigenvalue weighted by Crippen LogP contribution is -2.39.